The van der Waals surface area contributed by atoms with Gasteiger partial charge in [0.2, 0.25) is 0 Å². The van der Waals surface area contributed by atoms with Crippen LogP contribution >= 0.6 is 11.3 Å². The van der Waals surface area contributed by atoms with E-state index in [1.54, 1.807) is 6.92 Å². The fourth-order valence-electron chi connectivity index (χ4n) is 2.22. The first kappa shape index (κ1) is 14.2. The van der Waals surface area contributed by atoms with Gasteiger partial charge in [0.1, 0.15) is 0 Å². The van der Waals surface area contributed by atoms with Gasteiger partial charge in [0.05, 0.1) is 11.0 Å². The zero-order valence-corrected chi connectivity index (χ0v) is 11.9. The average Bonchev–Trinajstić information content (AvgIpc) is 2.84. The van der Waals surface area contributed by atoms with Crippen molar-refractivity contribution < 1.29 is 14.8 Å². The molecule has 6 nitrogen and oxygen atoms in total. The Morgan fingerprint density at radius 3 is 2.74 bits per heavy atom. The quantitative estimate of drug-likeness (QED) is 0.679. The van der Waals surface area contributed by atoms with E-state index in [2.05, 4.69) is 0 Å². The van der Waals surface area contributed by atoms with Gasteiger partial charge in [0.25, 0.3) is 0 Å². The third-order valence-electron chi connectivity index (χ3n) is 3.38. The van der Waals surface area contributed by atoms with Crippen LogP contribution in [-0.4, -0.2) is 36.3 Å². The molecular formula is C12H18N2O4S. The van der Waals surface area contributed by atoms with Crippen molar-refractivity contribution in [1.29, 1.82) is 0 Å². The summed E-state index contributed by atoms with van der Waals surface area (Å²) in [5, 5.41) is 21.3. The van der Waals surface area contributed by atoms with E-state index in [9.17, 15) is 15.2 Å². The van der Waals surface area contributed by atoms with E-state index in [4.69, 9.17) is 4.74 Å². The van der Waals surface area contributed by atoms with Crippen LogP contribution in [0.1, 0.15) is 30.7 Å². The second-order valence-electron chi connectivity index (χ2n) is 4.73. The molecule has 1 aliphatic rings. The van der Waals surface area contributed by atoms with E-state index in [1.165, 1.54) is 17.4 Å². The number of ether oxygens (including phenoxy) is 1. The molecule has 0 saturated carbocycles. The third kappa shape index (κ3) is 3.05. The van der Waals surface area contributed by atoms with Crippen molar-refractivity contribution in [2.24, 2.45) is 0 Å². The van der Waals surface area contributed by atoms with E-state index in [-0.39, 0.29) is 16.7 Å². The Hall–Kier alpha value is -1.18. The molecule has 0 aromatic carbocycles. The highest BCUT2D eigenvalue weighted by atomic mass is 32.1. The molecule has 1 fully saturated rings. The SMILES string of the molecule is C[C@@H](O)c1cc([N+](=O)[O-])c(N(C)C2CCOCC2)s1. The number of hydrogen-bond acceptors (Lipinski definition) is 6. The van der Waals surface area contributed by atoms with E-state index in [0.29, 0.717) is 23.1 Å². The van der Waals surface area contributed by atoms with Gasteiger partial charge in [-0.3, -0.25) is 10.1 Å². The van der Waals surface area contributed by atoms with Crippen LogP contribution in [0.5, 0.6) is 0 Å². The summed E-state index contributed by atoms with van der Waals surface area (Å²) >= 11 is 1.29. The summed E-state index contributed by atoms with van der Waals surface area (Å²) in [7, 11) is 1.88. The van der Waals surface area contributed by atoms with Crippen LogP contribution in [0.15, 0.2) is 6.07 Å². The van der Waals surface area contributed by atoms with Crippen molar-refractivity contribution in [2.75, 3.05) is 25.2 Å². The summed E-state index contributed by atoms with van der Waals surface area (Å²) in [5.74, 6) is 0. The van der Waals surface area contributed by atoms with Gasteiger partial charge < -0.3 is 14.7 Å². The molecule has 0 spiro atoms. The number of aliphatic hydroxyl groups excluding tert-OH is 1. The Balaban J connectivity index is 2.28. The van der Waals surface area contributed by atoms with Crippen LogP contribution in [0.2, 0.25) is 0 Å². The van der Waals surface area contributed by atoms with E-state index in [1.807, 2.05) is 11.9 Å². The van der Waals surface area contributed by atoms with Crippen LogP contribution in [-0.2, 0) is 4.74 Å². The zero-order chi connectivity index (χ0) is 14.0. The van der Waals surface area contributed by atoms with Crippen molar-refractivity contribution in [3.8, 4) is 0 Å². The fraction of sp³-hybridized carbons (Fsp3) is 0.667. The first-order chi connectivity index (χ1) is 9.00. The van der Waals surface area contributed by atoms with Gasteiger partial charge >= 0.3 is 5.69 Å². The van der Waals surface area contributed by atoms with Gasteiger partial charge in [-0.25, -0.2) is 0 Å². The Morgan fingerprint density at radius 1 is 1.58 bits per heavy atom. The highest BCUT2D eigenvalue weighted by Gasteiger charge is 2.28. The zero-order valence-electron chi connectivity index (χ0n) is 11.0. The number of nitro groups is 1. The van der Waals surface area contributed by atoms with Crippen LogP contribution in [0.4, 0.5) is 10.7 Å². The van der Waals surface area contributed by atoms with Gasteiger partial charge in [-0.15, -0.1) is 11.3 Å². The predicted octanol–water partition coefficient (Wildman–Crippen LogP) is 2.32. The molecule has 19 heavy (non-hydrogen) atoms. The topological polar surface area (TPSA) is 75.8 Å². The maximum absolute atomic E-state index is 11.1. The minimum Gasteiger partial charge on any atom is -0.388 e. The molecule has 1 N–H and O–H groups in total. The third-order valence-corrected chi connectivity index (χ3v) is 4.77. The molecule has 0 unspecified atom stereocenters. The van der Waals surface area contributed by atoms with Crippen molar-refractivity contribution in [3.05, 3.63) is 21.1 Å². The van der Waals surface area contributed by atoms with Gasteiger partial charge in [0, 0.05) is 37.2 Å². The largest absolute Gasteiger partial charge is 0.388 e. The van der Waals surface area contributed by atoms with Gasteiger partial charge in [-0.2, -0.15) is 0 Å². The standard InChI is InChI=1S/C12H18N2O4S/c1-8(15)11-7-10(14(16)17)12(19-11)13(2)9-3-5-18-6-4-9/h7-9,15H,3-6H2,1-2H3/t8-/m1/s1. The van der Waals surface area contributed by atoms with Gasteiger partial charge in [0.15, 0.2) is 5.00 Å². The lowest BCUT2D eigenvalue weighted by Crippen LogP contribution is -2.36. The molecular weight excluding hydrogens is 268 g/mol. The summed E-state index contributed by atoms with van der Waals surface area (Å²) in [5.41, 5.74) is 0.0786. The minimum absolute atomic E-state index is 0.0786. The molecule has 2 rings (SSSR count). The number of rotatable bonds is 4. The fourth-order valence-corrected chi connectivity index (χ4v) is 3.31. The molecule has 2 heterocycles. The second kappa shape index (κ2) is 5.85. The number of thiophene rings is 1. The van der Waals surface area contributed by atoms with Crippen molar-refractivity contribution in [3.63, 3.8) is 0 Å². The highest BCUT2D eigenvalue weighted by molar-refractivity contribution is 7.16. The Morgan fingerprint density at radius 2 is 2.21 bits per heavy atom. The lowest BCUT2D eigenvalue weighted by Gasteiger charge is -2.31. The normalized spacial score (nSPS) is 18.3. The van der Waals surface area contributed by atoms with E-state index >= 15 is 0 Å². The van der Waals surface area contributed by atoms with Crippen LogP contribution < -0.4 is 4.90 Å². The van der Waals surface area contributed by atoms with Crippen LogP contribution in [0, 0.1) is 10.1 Å². The van der Waals surface area contributed by atoms with Crippen LogP contribution in [0.25, 0.3) is 0 Å². The summed E-state index contributed by atoms with van der Waals surface area (Å²) in [6.45, 7) is 3.00. The number of aliphatic hydroxyl groups is 1. The average molecular weight is 286 g/mol. The Labute approximate surface area is 115 Å². The summed E-state index contributed by atoms with van der Waals surface area (Å²) in [4.78, 5) is 13.3. The number of nitrogens with zero attached hydrogens (tertiary/aromatic N) is 2. The van der Waals surface area contributed by atoms with E-state index < -0.39 is 6.10 Å². The first-order valence-corrected chi connectivity index (χ1v) is 7.09. The molecule has 1 saturated heterocycles. The smallest absolute Gasteiger partial charge is 0.304 e. The summed E-state index contributed by atoms with van der Waals surface area (Å²) in [6, 6.07) is 1.73. The van der Waals surface area contributed by atoms with Crippen molar-refractivity contribution in [1.82, 2.24) is 0 Å². The Kier molecular flexibility index (Phi) is 4.38. The molecule has 1 aromatic rings. The number of hydrogen-bond donors (Lipinski definition) is 1. The molecule has 0 radical (unpaired) electrons. The molecule has 0 aliphatic carbocycles. The highest BCUT2D eigenvalue weighted by Crippen LogP contribution is 2.41. The molecule has 1 aromatic heterocycles. The molecule has 7 heteroatoms. The molecule has 1 atom stereocenters. The molecule has 1 aliphatic heterocycles. The minimum atomic E-state index is -0.680. The lowest BCUT2D eigenvalue weighted by atomic mass is 10.1. The summed E-state index contributed by atoms with van der Waals surface area (Å²) < 4.78 is 5.31. The molecule has 106 valence electrons. The second-order valence-corrected chi connectivity index (χ2v) is 5.79. The van der Waals surface area contributed by atoms with Gasteiger partial charge in [-0.1, -0.05) is 0 Å². The monoisotopic (exact) mass is 286 g/mol. The summed E-state index contributed by atoms with van der Waals surface area (Å²) in [6.07, 6.45) is 1.06. The lowest BCUT2D eigenvalue weighted by molar-refractivity contribution is -0.383. The molecule has 0 bridgehead atoms. The Bertz CT molecular complexity index is 455. The maximum Gasteiger partial charge on any atom is 0.304 e. The first-order valence-electron chi connectivity index (χ1n) is 6.27. The van der Waals surface area contributed by atoms with Crippen molar-refractivity contribution >= 4 is 22.0 Å². The predicted molar refractivity (Wildman–Crippen MR) is 73.9 cm³/mol. The van der Waals surface area contributed by atoms with Crippen LogP contribution in [0.3, 0.4) is 0 Å². The van der Waals surface area contributed by atoms with Gasteiger partial charge in [-0.05, 0) is 19.8 Å². The van der Waals surface area contributed by atoms with Crippen molar-refractivity contribution in [2.45, 2.75) is 31.9 Å². The maximum atomic E-state index is 11.1. The van der Waals surface area contributed by atoms with E-state index in [0.717, 1.165) is 12.8 Å². The molecule has 0 amide bonds. The number of anilines is 1.